The van der Waals surface area contributed by atoms with Gasteiger partial charge in [0.05, 0.1) is 6.61 Å². The van der Waals surface area contributed by atoms with Crippen molar-refractivity contribution in [1.82, 2.24) is 15.5 Å². The van der Waals surface area contributed by atoms with Gasteiger partial charge in [-0.15, -0.1) is 0 Å². The molecule has 0 aromatic heterocycles. The minimum atomic E-state index is -0.397. The lowest BCUT2D eigenvalue weighted by Crippen LogP contribution is -2.53. The molecule has 0 saturated carbocycles. The van der Waals surface area contributed by atoms with Gasteiger partial charge in [-0.3, -0.25) is 9.59 Å². The molecule has 2 aliphatic heterocycles. The maximum atomic E-state index is 12.5. The molecule has 0 spiro atoms. The molecule has 24 heavy (non-hydrogen) atoms. The first-order valence-electron chi connectivity index (χ1n) is 8.62. The normalized spacial score (nSPS) is 22.2. The summed E-state index contributed by atoms with van der Waals surface area (Å²) in [5, 5.41) is 6.21. The number of benzene rings is 1. The molecule has 2 saturated heterocycles. The lowest BCUT2D eigenvalue weighted by molar-refractivity contribution is -0.135. The first-order valence-corrected chi connectivity index (χ1v) is 8.62. The predicted octanol–water partition coefficient (Wildman–Crippen LogP) is 0.704. The third-order valence-corrected chi connectivity index (χ3v) is 4.65. The van der Waals surface area contributed by atoms with Crippen molar-refractivity contribution in [1.29, 1.82) is 0 Å². The minimum Gasteiger partial charge on any atom is -0.366 e. The largest absolute Gasteiger partial charge is 0.366 e. The van der Waals surface area contributed by atoms with Gasteiger partial charge in [-0.1, -0.05) is 17.7 Å². The Balaban J connectivity index is 1.47. The number of piperidine rings is 1. The first kappa shape index (κ1) is 16.9. The highest BCUT2D eigenvalue weighted by Crippen LogP contribution is 2.15. The molecular formula is C18H25N3O3. The molecule has 2 fully saturated rings. The Bertz CT molecular complexity index is 574. The van der Waals surface area contributed by atoms with E-state index < -0.39 is 6.10 Å². The molecule has 0 aliphatic carbocycles. The predicted molar refractivity (Wildman–Crippen MR) is 90.9 cm³/mol. The fraction of sp³-hybridized carbons (Fsp3) is 0.556. The molecule has 2 heterocycles. The zero-order valence-electron chi connectivity index (χ0n) is 14.1. The van der Waals surface area contributed by atoms with Crippen molar-refractivity contribution >= 4 is 11.8 Å². The highest BCUT2D eigenvalue weighted by Gasteiger charge is 2.28. The Kier molecular flexibility index (Phi) is 5.48. The molecule has 0 radical (unpaired) electrons. The highest BCUT2D eigenvalue weighted by molar-refractivity contribution is 5.94. The fourth-order valence-corrected chi connectivity index (χ4v) is 3.13. The van der Waals surface area contributed by atoms with E-state index in [0.717, 1.165) is 30.5 Å². The second kappa shape index (κ2) is 7.77. The maximum Gasteiger partial charge on any atom is 0.253 e. The smallest absolute Gasteiger partial charge is 0.253 e. The molecule has 1 aromatic carbocycles. The number of hydrogen-bond acceptors (Lipinski definition) is 4. The molecule has 130 valence electrons. The van der Waals surface area contributed by atoms with Crippen LogP contribution >= 0.6 is 0 Å². The van der Waals surface area contributed by atoms with Gasteiger partial charge in [-0.25, -0.2) is 0 Å². The molecule has 2 N–H and O–H groups in total. The molecule has 1 aromatic rings. The lowest BCUT2D eigenvalue weighted by Gasteiger charge is -2.33. The number of likely N-dealkylation sites (tertiary alicyclic amines) is 1. The summed E-state index contributed by atoms with van der Waals surface area (Å²) in [6.07, 6.45) is 1.17. The molecule has 2 aliphatic rings. The third kappa shape index (κ3) is 4.13. The van der Waals surface area contributed by atoms with E-state index in [-0.39, 0.29) is 17.9 Å². The Morgan fingerprint density at radius 3 is 2.54 bits per heavy atom. The van der Waals surface area contributed by atoms with Crippen LogP contribution in [0.1, 0.15) is 28.8 Å². The highest BCUT2D eigenvalue weighted by atomic mass is 16.5. The van der Waals surface area contributed by atoms with Gasteiger partial charge < -0.3 is 20.3 Å². The van der Waals surface area contributed by atoms with Crippen LogP contribution in [0.5, 0.6) is 0 Å². The Morgan fingerprint density at radius 1 is 1.21 bits per heavy atom. The lowest BCUT2D eigenvalue weighted by atomic mass is 10.0. The molecule has 1 atom stereocenters. The van der Waals surface area contributed by atoms with Crippen LogP contribution < -0.4 is 10.6 Å². The van der Waals surface area contributed by atoms with Gasteiger partial charge in [0, 0.05) is 37.8 Å². The number of amides is 2. The topological polar surface area (TPSA) is 70.7 Å². The summed E-state index contributed by atoms with van der Waals surface area (Å²) in [5.74, 6) is 0.0186. The van der Waals surface area contributed by atoms with Gasteiger partial charge in [0.15, 0.2) is 0 Å². The second-order valence-corrected chi connectivity index (χ2v) is 6.50. The number of aryl methyl sites for hydroxylation is 1. The van der Waals surface area contributed by atoms with Crippen molar-refractivity contribution in [3.8, 4) is 0 Å². The van der Waals surface area contributed by atoms with Gasteiger partial charge >= 0.3 is 0 Å². The monoisotopic (exact) mass is 331 g/mol. The van der Waals surface area contributed by atoms with E-state index in [1.807, 2.05) is 36.1 Å². The quantitative estimate of drug-likeness (QED) is 0.856. The summed E-state index contributed by atoms with van der Waals surface area (Å²) in [6.45, 7) is 5.28. The first-order chi connectivity index (χ1) is 11.6. The van der Waals surface area contributed by atoms with Crippen LogP contribution in [0.25, 0.3) is 0 Å². The maximum absolute atomic E-state index is 12.5. The van der Waals surface area contributed by atoms with Crippen LogP contribution in [0.3, 0.4) is 0 Å². The number of carbonyl (C=O) groups excluding carboxylic acids is 2. The Labute approximate surface area is 142 Å². The van der Waals surface area contributed by atoms with Crippen LogP contribution in [-0.2, 0) is 9.53 Å². The van der Waals surface area contributed by atoms with Gasteiger partial charge in [0.1, 0.15) is 6.10 Å². The van der Waals surface area contributed by atoms with E-state index in [1.54, 1.807) is 0 Å². The summed E-state index contributed by atoms with van der Waals surface area (Å²) in [4.78, 5) is 26.5. The number of nitrogens with zero attached hydrogens (tertiary/aromatic N) is 1. The SMILES string of the molecule is Cc1ccc(C(=O)N2CCC(NC(=O)C3CNCCO3)CC2)cc1. The Morgan fingerprint density at radius 2 is 1.92 bits per heavy atom. The number of rotatable bonds is 3. The van der Waals surface area contributed by atoms with E-state index in [1.165, 1.54) is 0 Å². The van der Waals surface area contributed by atoms with Gasteiger partial charge in [-0.2, -0.15) is 0 Å². The standard InChI is InChI=1S/C18H25N3O3/c1-13-2-4-14(5-3-13)18(23)21-9-6-15(7-10-21)20-17(22)16-12-19-8-11-24-16/h2-5,15-16,19H,6-12H2,1H3,(H,20,22). The molecule has 6 nitrogen and oxygen atoms in total. The van der Waals surface area contributed by atoms with Gasteiger partial charge in [0.25, 0.3) is 11.8 Å². The van der Waals surface area contributed by atoms with Crippen molar-refractivity contribution in [3.05, 3.63) is 35.4 Å². The molecule has 0 bridgehead atoms. The van der Waals surface area contributed by atoms with E-state index in [4.69, 9.17) is 4.74 Å². The molecular weight excluding hydrogens is 306 g/mol. The van der Waals surface area contributed by atoms with Crippen molar-refractivity contribution in [3.63, 3.8) is 0 Å². The number of morpholine rings is 1. The van der Waals surface area contributed by atoms with E-state index in [2.05, 4.69) is 10.6 Å². The summed E-state index contributed by atoms with van der Waals surface area (Å²) >= 11 is 0. The summed E-state index contributed by atoms with van der Waals surface area (Å²) in [5.41, 5.74) is 1.87. The van der Waals surface area contributed by atoms with Crippen LogP contribution in [0, 0.1) is 6.92 Å². The van der Waals surface area contributed by atoms with Crippen molar-refractivity contribution in [2.75, 3.05) is 32.8 Å². The third-order valence-electron chi connectivity index (χ3n) is 4.65. The number of ether oxygens (including phenoxy) is 1. The molecule has 2 amide bonds. The van der Waals surface area contributed by atoms with E-state index in [9.17, 15) is 9.59 Å². The fourth-order valence-electron chi connectivity index (χ4n) is 3.13. The molecule has 1 unspecified atom stereocenters. The summed E-state index contributed by atoms with van der Waals surface area (Å²) in [6, 6.07) is 7.78. The summed E-state index contributed by atoms with van der Waals surface area (Å²) < 4.78 is 5.47. The van der Waals surface area contributed by atoms with E-state index in [0.29, 0.717) is 26.2 Å². The van der Waals surface area contributed by atoms with Gasteiger partial charge in [0.2, 0.25) is 0 Å². The minimum absolute atomic E-state index is 0.0505. The van der Waals surface area contributed by atoms with Crippen LogP contribution in [0.2, 0.25) is 0 Å². The number of carbonyl (C=O) groups is 2. The van der Waals surface area contributed by atoms with Crippen LogP contribution in [-0.4, -0.2) is 61.6 Å². The molecule has 6 heteroatoms. The second-order valence-electron chi connectivity index (χ2n) is 6.50. The summed E-state index contributed by atoms with van der Waals surface area (Å²) in [7, 11) is 0. The number of nitrogens with one attached hydrogen (secondary N) is 2. The van der Waals surface area contributed by atoms with Crippen LogP contribution in [0.4, 0.5) is 0 Å². The average Bonchev–Trinajstić information content (AvgIpc) is 2.63. The van der Waals surface area contributed by atoms with Crippen molar-refractivity contribution in [2.45, 2.75) is 31.9 Å². The molecule has 3 rings (SSSR count). The van der Waals surface area contributed by atoms with Crippen molar-refractivity contribution < 1.29 is 14.3 Å². The van der Waals surface area contributed by atoms with Crippen molar-refractivity contribution in [2.24, 2.45) is 0 Å². The Hall–Kier alpha value is -1.92. The number of hydrogen-bond donors (Lipinski definition) is 2. The van der Waals surface area contributed by atoms with Crippen LogP contribution in [0.15, 0.2) is 24.3 Å². The zero-order valence-corrected chi connectivity index (χ0v) is 14.1. The average molecular weight is 331 g/mol. The zero-order chi connectivity index (χ0) is 16.9. The van der Waals surface area contributed by atoms with Gasteiger partial charge in [-0.05, 0) is 31.9 Å². The van der Waals surface area contributed by atoms with E-state index >= 15 is 0 Å².